The first-order valence-electron chi connectivity index (χ1n) is 8.63. The molecule has 4 aromatic rings. The normalized spacial score (nSPS) is 10.7. The largest absolute Gasteiger partial charge is 0.321 e. The molecule has 0 aliphatic carbocycles. The van der Waals surface area contributed by atoms with Gasteiger partial charge in [0, 0.05) is 23.8 Å². The number of non-ortho nitro benzene ring substituents is 1. The van der Waals surface area contributed by atoms with Crippen molar-refractivity contribution in [2.24, 2.45) is 0 Å². The fourth-order valence-electron chi connectivity index (χ4n) is 2.94. The second-order valence-electron chi connectivity index (χ2n) is 6.20. The van der Waals surface area contributed by atoms with E-state index in [1.807, 2.05) is 24.3 Å². The lowest BCUT2D eigenvalue weighted by Gasteiger charge is -2.10. The molecule has 0 bridgehead atoms. The molecule has 0 fully saturated rings. The third kappa shape index (κ3) is 3.59. The molecule has 1 amide bonds. The average Bonchev–Trinajstić information content (AvgIpc) is 3.17. The zero-order valence-corrected chi connectivity index (χ0v) is 16.0. The summed E-state index contributed by atoms with van der Waals surface area (Å²) < 4.78 is 0.918. The predicted molar refractivity (Wildman–Crippen MR) is 113 cm³/mol. The molecule has 3 aromatic carbocycles. The Morgan fingerprint density at radius 2 is 1.67 bits per heavy atom. The minimum Gasteiger partial charge on any atom is -0.321 e. The van der Waals surface area contributed by atoms with Crippen molar-refractivity contribution in [3.8, 4) is 10.6 Å². The molecule has 9 nitrogen and oxygen atoms in total. The number of hydrogen-bond acceptors (Lipinski definition) is 7. The number of fused-ring (bicyclic) bond motifs is 1. The van der Waals surface area contributed by atoms with Crippen LogP contribution in [0.25, 0.3) is 20.8 Å². The quantitative estimate of drug-likeness (QED) is 0.356. The first-order chi connectivity index (χ1) is 14.4. The van der Waals surface area contributed by atoms with Gasteiger partial charge in [-0.3, -0.25) is 25.0 Å². The maximum atomic E-state index is 12.8. The summed E-state index contributed by atoms with van der Waals surface area (Å²) in [6.07, 6.45) is 0. The van der Waals surface area contributed by atoms with Gasteiger partial charge in [0.25, 0.3) is 17.3 Å². The molecule has 0 spiro atoms. The van der Waals surface area contributed by atoms with Gasteiger partial charge in [-0.1, -0.05) is 24.3 Å². The zero-order chi connectivity index (χ0) is 21.3. The molecule has 0 radical (unpaired) electrons. The minimum atomic E-state index is -0.745. The van der Waals surface area contributed by atoms with Crippen molar-refractivity contribution in [2.45, 2.75) is 0 Å². The fourth-order valence-corrected chi connectivity index (χ4v) is 3.94. The molecular weight excluding hydrogens is 408 g/mol. The lowest BCUT2D eigenvalue weighted by atomic mass is 10.1. The highest BCUT2D eigenvalue weighted by Gasteiger charge is 2.22. The summed E-state index contributed by atoms with van der Waals surface area (Å²) in [7, 11) is 0. The van der Waals surface area contributed by atoms with Gasteiger partial charge >= 0.3 is 0 Å². The summed E-state index contributed by atoms with van der Waals surface area (Å²) in [4.78, 5) is 38.5. The Kier molecular flexibility index (Phi) is 4.90. The summed E-state index contributed by atoms with van der Waals surface area (Å²) in [6, 6.07) is 17.0. The number of benzene rings is 3. The fraction of sp³-hybridized carbons (Fsp3) is 0. The number of anilines is 1. The van der Waals surface area contributed by atoms with E-state index < -0.39 is 15.8 Å². The first-order valence-corrected chi connectivity index (χ1v) is 9.45. The molecule has 4 rings (SSSR count). The van der Waals surface area contributed by atoms with Crippen molar-refractivity contribution in [2.75, 3.05) is 5.32 Å². The van der Waals surface area contributed by atoms with Gasteiger partial charge in [-0.15, -0.1) is 11.3 Å². The number of carbonyl (C=O) groups is 1. The Morgan fingerprint density at radius 1 is 0.933 bits per heavy atom. The summed E-state index contributed by atoms with van der Waals surface area (Å²) in [5.41, 5.74) is 0.649. The number of nitro groups is 2. The van der Waals surface area contributed by atoms with Gasteiger partial charge in [0.2, 0.25) is 0 Å². The van der Waals surface area contributed by atoms with Gasteiger partial charge in [0.1, 0.15) is 10.6 Å². The number of amides is 1. The van der Waals surface area contributed by atoms with Crippen LogP contribution in [0.1, 0.15) is 10.4 Å². The average molecular weight is 420 g/mol. The van der Waals surface area contributed by atoms with Gasteiger partial charge < -0.3 is 5.32 Å². The summed E-state index contributed by atoms with van der Waals surface area (Å²) in [6.45, 7) is 0. The third-order valence-corrected chi connectivity index (χ3v) is 5.40. The number of aromatic nitrogens is 1. The van der Waals surface area contributed by atoms with E-state index in [1.165, 1.54) is 53.8 Å². The molecule has 0 saturated heterocycles. The molecule has 1 aromatic heterocycles. The Balaban J connectivity index is 1.80. The van der Waals surface area contributed by atoms with E-state index >= 15 is 0 Å². The maximum absolute atomic E-state index is 12.8. The number of para-hydroxylation sites is 2. The van der Waals surface area contributed by atoms with Crippen LogP contribution in [0.5, 0.6) is 0 Å². The number of rotatable bonds is 5. The van der Waals surface area contributed by atoms with Gasteiger partial charge in [-0.2, -0.15) is 0 Å². The van der Waals surface area contributed by atoms with Crippen LogP contribution in [0.15, 0.2) is 66.7 Å². The number of hydrogen-bond donors (Lipinski definition) is 1. The van der Waals surface area contributed by atoms with Crippen LogP contribution < -0.4 is 5.32 Å². The molecule has 10 heteroatoms. The second-order valence-corrected chi connectivity index (χ2v) is 7.23. The van der Waals surface area contributed by atoms with E-state index in [9.17, 15) is 25.0 Å². The molecule has 0 atom stereocenters. The van der Waals surface area contributed by atoms with Gasteiger partial charge in [0.05, 0.1) is 25.8 Å². The van der Waals surface area contributed by atoms with Gasteiger partial charge in [-0.05, 0) is 24.3 Å². The van der Waals surface area contributed by atoms with Crippen LogP contribution in [0.2, 0.25) is 0 Å². The smallest absolute Gasteiger partial charge is 0.282 e. The Hall–Kier alpha value is -4.18. The number of nitrogens with one attached hydrogen (secondary N) is 1. The van der Waals surface area contributed by atoms with Crippen molar-refractivity contribution in [1.82, 2.24) is 4.98 Å². The lowest BCUT2D eigenvalue weighted by molar-refractivity contribution is -0.385. The van der Waals surface area contributed by atoms with E-state index in [-0.39, 0.29) is 22.6 Å². The lowest BCUT2D eigenvalue weighted by Crippen LogP contribution is -2.14. The maximum Gasteiger partial charge on any atom is 0.282 e. The molecule has 0 aliphatic rings. The molecule has 0 aliphatic heterocycles. The van der Waals surface area contributed by atoms with Crippen LogP contribution in [0.3, 0.4) is 0 Å². The summed E-state index contributed by atoms with van der Waals surface area (Å²) in [5.74, 6) is -0.745. The van der Waals surface area contributed by atoms with Crippen LogP contribution in [0, 0.1) is 20.2 Å². The van der Waals surface area contributed by atoms with Crippen molar-refractivity contribution < 1.29 is 14.6 Å². The highest BCUT2D eigenvalue weighted by atomic mass is 32.1. The zero-order valence-electron chi connectivity index (χ0n) is 15.1. The van der Waals surface area contributed by atoms with E-state index in [0.717, 1.165) is 10.2 Å². The predicted octanol–water partition coefficient (Wildman–Crippen LogP) is 5.03. The third-order valence-electron chi connectivity index (χ3n) is 4.33. The molecule has 1 N–H and O–H groups in total. The molecule has 0 unspecified atom stereocenters. The highest BCUT2D eigenvalue weighted by Crippen LogP contribution is 2.36. The Morgan fingerprint density at radius 3 is 2.40 bits per heavy atom. The van der Waals surface area contributed by atoms with Crippen molar-refractivity contribution in [3.63, 3.8) is 0 Å². The summed E-state index contributed by atoms with van der Waals surface area (Å²) in [5, 5.41) is 25.6. The molecule has 30 heavy (non-hydrogen) atoms. The monoisotopic (exact) mass is 420 g/mol. The van der Waals surface area contributed by atoms with Crippen LogP contribution in [-0.4, -0.2) is 20.7 Å². The topological polar surface area (TPSA) is 128 Å². The summed E-state index contributed by atoms with van der Waals surface area (Å²) >= 11 is 1.37. The van der Waals surface area contributed by atoms with E-state index in [2.05, 4.69) is 10.3 Å². The standard InChI is InChI=1S/C20H12N4O5S/c25-19(14-5-1-3-7-17(14)24(28)29)21-16-11-12(23(26)27)9-10-13(16)20-22-15-6-2-4-8-18(15)30-20/h1-11H,(H,21,25). The van der Waals surface area contributed by atoms with E-state index in [1.54, 1.807) is 0 Å². The van der Waals surface area contributed by atoms with Gasteiger partial charge in [0.15, 0.2) is 0 Å². The Bertz CT molecular complexity index is 1280. The number of nitrogens with zero attached hydrogens (tertiary/aromatic N) is 3. The van der Waals surface area contributed by atoms with Crippen LogP contribution in [-0.2, 0) is 0 Å². The molecule has 148 valence electrons. The molecule has 1 heterocycles. The van der Waals surface area contributed by atoms with Crippen molar-refractivity contribution in [1.29, 1.82) is 0 Å². The molecular formula is C20H12N4O5S. The SMILES string of the molecule is O=C(Nc1cc([N+](=O)[O-])ccc1-c1nc2ccccc2s1)c1ccccc1[N+](=O)[O-]. The van der Waals surface area contributed by atoms with Crippen LogP contribution >= 0.6 is 11.3 Å². The minimum absolute atomic E-state index is 0.145. The van der Waals surface area contributed by atoms with Crippen LogP contribution in [0.4, 0.5) is 17.1 Å². The van der Waals surface area contributed by atoms with E-state index in [0.29, 0.717) is 10.6 Å². The van der Waals surface area contributed by atoms with Gasteiger partial charge in [-0.25, -0.2) is 4.98 Å². The highest BCUT2D eigenvalue weighted by molar-refractivity contribution is 7.21. The second kappa shape index (κ2) is 7.68. The number of carbonyl (C=O) groups excluding carboxylic acids is 1. The number of nitro benzene ring substituents is 2. The van der Waals surface area contributed by atoms with E-state index in [4.69, 9.17) is 0 Å². The molecule has 0 saturated carbocycles. The Labute approximate surface area is 172 Å². The van der Waals surface area contributed by atoms with Crippen molar-refractivity contribution in [3.05, 3.63) is 92.5 Å². The number of thiazole rings is 1. The van der Waals surface area contributed by atoms with Crippen molar-refractivity contribution >= 4 is 44.5 Å². The first kappa shape index (κ1) is 19.2.